The molecule has 1 fully saturated rings. The molecule has 6 nitrogen and oxygen atoms in total. The molecule has 1 amide bonds. The lowest BCUT2D eigenvalue weighted by Gasteiger charge is -2.22. The Labute approximate surface area is 172 Å². The second-order valence-corrected chi connectivity index (χ2v) is 7.82. The molecule has 1 saturated carbocycles. The first kappa shape index (κ1) is 20.3. The van der Waals surface area contributed by atoms with Crippen molar-refractivity contribution in [2.75, 3.05) is 5.32 Å². The molecule has 2 heterocycles. The van der Waals surface area contributed by atoms with Crippen molar-refractivity contribution >= 4 is 32.6 Å². The van der Waals surface area contributed by atoms with Gasteiger partial charge in [-0.25, -0.2) is 14.4 Å². The van der Waals surface area contributed by atoms with Crippen molar-refractivity contribution in [1.29, 1.82) is 0 Å². The second-order valence-electron chi connectivity index (χ2n) is 6.79. The predicted octanol–water partition coefficient (Wildman–Crippen LogP) is 4.49. The van der Waals surface area contributed by atoms with Crippen LogP contribution in [-0.2, 0) is 0 Å². The average Bonchev–Trinajstić information content (AvgIpc) is 3.27. The van der Waals surface area contributed by atoms with Gasteiger partial charge in [0.25, 0.3) is 5.91 Å². The van der Waals surface area contributed by atoms with Gasteiger partial charge in [-0.15, -0.1) is 13.2 Å². The molecule has 158 valence electrons. The maximum atomic E-state index is 13.4. The SMILES string of the molecule is O=C(NC1CCC[C@@H]1Nc1nc2ccc(F)cc2s1)c1ncccc1OC(F)(F)F. The summed E-state index contributed by atoms with van der Waals surface area (Å²) in [5, 5.41) is 6.57. The van der Waals surface area contributed by atoms with Crippen LogP contribution in [0, 0.1) is 5.82 Å². The third-order valence-electron chi connectivity index (χ3n) is 4.70. The number of carbonyl (C=O) groups excluding carboxylic acids is 1. The van der Waals surface area contributed by atoms with Crippen molar-refractivity contribution in [3.05, 3.63) is 48.0 Å². The highest BCUT2D eigenvalue weighted by atomic mass is 32.1. The number of amides is 1. The van der Waals surface area contributed by atoms with E-state index in [1.165, 1.54) is 35.7 Å². The van der Waals surface area contributed by atoms with E-state index in [1.807, 2.05) is 0 Å². The van der Waals surface area contributed by atoms with Crippen LogP contribution < -0.4 is 15.4 Å². The minimum atomic E-state index is -4.93. The van der Waals surface area contributed by atoms with Crippen molar-refractivity contribution in [1.82, 2.24) is 15.3 Å². The van der Waals surface area contributed by atoms with Gasteiger partial charge in [-0.2, -0.15) is 0 Å². The summed E-state index contributed by atoms with van der Waals surface area (Å²) in [5.41, 5.74) is 0.223. The fraction of sp³-hybridized carbons (Fsp3) is 0.316. The normalized spacial score (nSPS) is 19.1. The number of pyridine rings is 1. The summed E-state index contributed by atoms with van der Waals surface area (Å²) < 4.78 is 55.7. The van der Waals surface area contributed by atoms with Crippen LogP contribution in [0.2, 0.25) is 0 Å². The fourth-order valence-electron chi connectivity index (χ4n) is 3.43. The van der Waals surface area contributed by atoms with Crippen LogP contribution in [0.25, 0.3) is 10.2 Å². The van der Waals surface area contributed by atoms with Crippen molar-refractivity contribution < 1.29 is 27.1 Å². The van der Waals surface area contributed by atoms with Gasteiger partial charge in [-0.05, 0) is 49.6 Å². The summed E-state index contributed by atoms with van der Waals surface area (Å²) in [7, 11) is 0. The first-order valence-electron chi connectivity index (χ1n) is 9.13. The molecule has 1 unspecified atom stereocenters. The predicted molar refractivity (Wildman–Crippen MR) is 103 cm³/mol. The lowest BCUT2D eigenvalue weighted by molar-refractivity contribution is -0.274. The number of halogens is 4. The molecule has 1 aliphatic carbocycles. The van der Waals surface area contributed by atoms with Gasteiger partial charge in [0, 0.05) is 18.3 Å². The molecule has 11 heteroatoms. The second kappa shape index (κ2) is 8.05. The number of thiazole rings is 1. The first-order valence-corrected chi connectivity index (χ1v) is 9.94. The number of fused-ring (bicyclic) bond motifs is 1. The van der Waals surface area contributed by atoms with Crippen molar-refractivity contribution in [2.24, 2.45) is 0 Å². The standard InChI is InChI=1S/C19H16F4N4O2S/c20-10-6-7-13-15(9-10)30-18(27-13)26-12-4-1-3-11(12)25-17(28)16-14(5-2-8-24-16)29-19(21,22)23/h2,5-9,11-12H,1,3-4H2,(H,25,28)(H,26,27)/t11?,12-/m0/s1. The van der Waals surface area contributed by atoms with E-state index in [-0.39, 0.29) is 17.9 Å². The Morgan fingerprint density at radius 3 is 2.80 bits per heavy atom. The lowest BCUT2D eigenvalue weighted by atomic mass is 10.1. The van der Waals surface area contributed by atoms with E-state index in [0.717, 1.165) is 18.9 Å². The minimum absolute atomic E-state index is 0.171. The molecule has 0 aliphatic heterocycles. The molecular weight excluding hydrogens is 424 g/mol. The molecular formula is C19H16F4N4O2S. The Bertz CT molecular complexity index is 1070. The summed E-state index contributed by atoms with van der Waals surface area (Å²) in [6.45, 7) is 0. The van der Waals surface area contributed by atoms with Gasteiger partial charge < -0.3 is 15.4 Å². The number of nitrogens with one attached hydrogen (secondary N) is 2. The van der Waals surface area contributed by atoms with Crippen LogP contribution in [-0.4, -0.2) is 34.3 Å². The van der Waals surface area contributed by atoms with Crippen molar-refractivity contribution in [3.63, 3.8) is 0 Å². The van der Waals surface area contributed by atoms with Crippen LogP contribution in [0.3, 0.4) is 0 Å². The zero-order valence-corrected chi connectivity index (χ0v) is 16.2. The summed E-state index contributed by atoms with van der Waals surface area (Å²) in [5.74, 6) is -1.76. The number of anilines is 1. The van der Waals surface area contributed by atoms with Gasteiger partial charge in [0.2, 0.25) is 0 Å². The molecule has 0 bridgehead atoms. The summed E-state index contributed by atoms with van der Waals surface area (Å²) in [6, 6.07) is 6.11. The number of carbonyl (C=O) groups is 1. The minimum Gasteiger partial charge on any atom is -0.403 e. The van der Waals surface area contributed by atoms with E-state index < -0.39 is 23.7 Å². The lowest BCUT2D eigenvalue weighted by Crippen LogP contribution is -2.43. The number of alkyl halides is 3. The number of nitrogens with zero attached hydrogens (tertiary/aromatic N) is 2. The highest BCUT2D eigenvalue weighted by Gasteiger charge is 2.35. The Morgan fingerprint density at radius 2 is 2.00 bits per heavy atom. The van der Waals surface area contributed by atoms with E-state index in [9.17, 15) is 22.4 Å². The largest absolute Gasteiger partial charge is 0.573 e. The molecule has 2 atom stereocenters. The third-order valence-corrected chi connectivity index (χ3v) is 5.65. The van der Waals surface area contributed by atoms with Crippen LogP contribution in [0.1, 0.15) is 29.8 Å². The Balaban J connectivity index is 1.47. The molecule has 1 aliphatic rings. The van der Waals surface area contributed by atoms with Gasteiger partial charge >= 0.3 is 6.36 Å². The molecule has 1 aromatic carbocycles. The Kier molecular flexibility index (Phi) is 5.46. The van der Waals surface area contributed by atoms with Crippen LogP contribution >= 0.6 is 11.3 Å². The molecule has 0 saturated heterocycles. The van der Waals surface area contributed by atoms with Gasteiger partial charge in [0.05, 0.1) is 10.2 Å². The number of rotatable bonds is 5. The average molecular weight is 440 g/mol. The van der Waals surface area contributed by atoms with E-state index in [4.69, 9.17) is 0 Å². The molecule has 2 N–H and O–H groups in total. The van der Waals surface area contributed by atoms with E-state index >= 15 is 0 Å². The molecule has 3 aromatic rings. The third kappa shape index (κ3) is 4.61. The quantitative estimate of drug-likeness (QED) is 0.572. The highest BCUT2D eigenvalue weighted by Crippen LogP contribution is 2.30. The first-order chi connectivity index (χ1) is 14.3. The number of ether oxygens (including phenoxy) is 1. The van der Waals surface area contributed by atoms with Crippen LogP contribution in [0.15, 0.2) is 36.5 Å². The number of aromatic nitrogens is 2. The number of hydrogen-bond donors (Lipinski definition) is 2. The van der Waals surface area contributed by atoms with E-state index in [1.54, 1.807) is 6.07 Å². The van der Waals surface area contributed by atoms with Crippen LogP contribution in [0.4, 0.5) is 22.7 Å². The highest BCUT2D eigenvalue weighted by molar-refractivity contribution is 7.22. The molecule has 0 radical (unpaired) electrons. The summed E-state index contributed by atoms with van der Waals surface area (Å²) in [4.78, 5) is 20.7. The van der Waals surface area contributed by atoms with E-state index in [2.05, 4.69) is 25.3 Å². The van der Waals surface area contributed by atoms with Gasteiger partial charge in [0.1, 0.15) is 5.82 Å². The van der Waals surface area contributed by atoms with Crippen molar-refractivity contribution in [3.8, 4) is 5.75 Å². The molecule has 30 heavy (non-hydrogen) atoms. The topological polar surface area (TPSA) is 76.1 Å². The van der Waals surface area contributed by atoms with Crippen LogP contribution in [0.5, 0.6) is 5.75 Å². The Morgan fingerprint density at radius 1 is 1.20 bits per heavy atom. The van der Waals surface area contributed by atoms with Gasteiger partial charge in [0.15, 0.2) is 16.6 Å². The molecule has 4 rings (SSSR count). The maximum Gasteiger partial charge on any atom is 0.573 e. The summed E-state index contributed by atoms with van der Waals surface area (Å²) >= 11 is 1.29. The van der Waals surface area contributed by atoms with Crippen molar-refractivity contribution in [2.45, 2.75) is 37.7 Å². The molecule has 2 aromatic heterocycles. The Hall–Kier alpha value is -2.95. The smallest absolute Gasteiger partial charge is 0.403 e. The molecule has 0 spiro atoms. The fourth-order valence-corrected chi connectivity index (χ4v) is 4.38. The zero-order chi connectivity index (χ0) is 21.3. The summed E-state index contributed by atoms with van der Waals surface area (Å²) in [6.07, 6.45) is -1.50. The monoisotopic (exact) mass is 440 g/mol. The zero-order valence-electron chi connectivity index (χ0n) is 15.4. The van der Waals surface area contributed by atoms with E-state index in [0.29, 0.717) is 21.8 Å². The number of benzene rings is 1. The van der Waals surface area contributed by atoms with Gasteiger partial charge in [-0.3, -0.25) is 4.79 Å². The van der Waals surface area contributed by atoms with Gasteiger partial charge in [-0.1, -0.05) is 11.3 Å². The number of hydrogen-bond acceptors (Lipinski definition) is 6. The maximum absolute atomic E-state index is 13.4.